The second kappa shape index (κ2) is 4.60. The van der Waals surface area contributed by atoms with Gasteiger partial charge in [0.25, 0.3) is 5.69 Å². The molecular formula is C11H10N2O3S. The van der Waals surface area contributed by atoms with E-state index in [9.17, 15) is 15.2 Å². The Hall–Kier alpha value is -1.79. The molecule has 5 nitrogen and oxygen atoms in total. The Morgan fingerprint density at radius 3 is 2.53 bits per heavy atom. The fourth-order valence-corrected chi connectivity index (χ4v) is 2.14. The van der Waals surface area contributed by atoms with Crippen LogP contribution in [0.15, 0.2) is 29.6 Å². The number of nitro benzene ring substituents is 1. The van der Waals surface area contributed by atoms with Crippen molar-refractivity contribution < 1.29 is 10.0 Å². The summed E-state index contributed by atoms with van der Waals surface area (Å²) in [5.41, 5.74) is 1.58. The van der Waals surface area contributed by atoms with Crippen LogP contribution in [0.3, 0.4) is 0 Å². The number of nitrogens with zero attached hydrogens (tertiary/aromatic N) is 2. The molecule has 0 aliphatic heterocycles. The van der Waals surface area contributed by atoms with Gasteiger partial charge in [0.1, 0.15) is 11.1 Å². The maximum atomic E-state index is 10.5. The number of aromatic nitrogens is 1. The van der Waals surface area contributed by atoms with Crippen molar-refractivity contribution in [2.24, 2.45) is 0 Å². The summed E-state index contributed by atoms with van der Waals surface area (Å²) in [6.07, 6.45) is -0.591. The standard InChI is InChI=1S/C11H10N2O3S/c1-7(14)11-12-10(6-17-11)8-2-4-9(5-3-8)13(15)16/h2-7,14H,1H3. The van der Waals surface area contributed by atoms with Crippen LogP contribution in [-0.4, -0.2) is 15.0 Å². The van der Waals surface area contributed by atoms with Gasteiger partial charge in [0.05, 0.1) is 10.6 Å². The minimum atomic E-state index is -0.591. The van der Waals surface area contributed by atoms with Gasteiger partial charge in [-0.05, 0) is 19.1 Å². The van der Waals surface area contributed by atoms with Crippen molar-refractivity contribution in [2.75, 3.05) is 0 Å². The van der Waals surface area contributed by atoms with Gasteiger partial charge in [0.2, 0.25) is 0 Å². The van der Waals surface area contributed by atoms with Crippen LogP contribution in [0, 0.1) is 10.1 Å². The summed E-state index contributed by atoms with van der Waals surface area (Å²) in [5, 5.41) is 22.3. The summed E-state index contributed by atoms with van der Waals surface area (Å²) < 4.78 is 0. The average molecular weight is 250 g/mol. The van der Waals surface area contributed by atoms with Gasteiger partial charge < -0.3 is 5.11 Å². The molecule has 0 fully saturated rings. The molecule has 0 bridgehead atoms. The van der Waals surface area contributed by atoms with Crippen molar-refractivity contribution in [1.29, 1.82) is 0 Å². The SMILES string of the molecule is CC(O)c1nc(-c2ccc([N+](=O)[O-])cc2)cs1. The number of hydrogen-bond acceptors (Lipinski definition) is 5. The first-order valence-corrected chi connectivity index (χ1v) is 5.84. The number of aliphatic hydroxyl groups excluding tert-OH is 1. The van der Waals surface area contributed by atoms with Gasteiger partial charge in [-0.2, -0.15) is 0 Å². The molecule has 6 heteroatoms. The Morgan fingerprint density at radius 2 is 2.06 bits per heavy atom. The molecule has 1 aromatic carbocycles. The Bertz CT molecular complexity index is 534. The molecule has 0 saturated heterocycles. The van der Waals surface area contributed by atoms with E-state index < -0.39 is 11.0 Å². The highest BCUT2D eigenvalue weighted by molar-refractivity contribution is 7.10. The van der Waals surface area contributed by atoms with E-state index in [1.807, 2.05) is 5.38 Å². The monoisotopic (exact) mass is 250 g/mol. The normalized spacial score (nSPS) is 12.4. The fraction of sp³-hybridized carbons (Fsp3) is 0.182. The first kappa shape index (κ1) is 11.7. The van der Waals surface area contributed by atoms with E-state index in [1.54, 1.807) is 19.1 Å². The van der Waals surface area contributed by atoms with Gasteiger partial charge in [-0.1, -0.05) is 0 Å². The first-order valence-electron chi connectivity index (χ1n) is 4.96. The van der Waals surface area contributed by atoms with Crippen molar-refractivity contribution >= 4 is 17.0 Å². The number of benzene rings is 1. The predicted octanol–water partition coefficient (Wildman–Crippen LogP) is 2.77. The van der Waals surface area contributed by atoms with Crippen LogP contribution in [0.5, 0.6) is 0 Å². The Kier molecular flexibility index (Phi) is 3.16. The third-order valence-corrected chi connectivity index (χ3v) is 3.27. The second-order valence-corrected chi connectivity index (χ2v) is 4.44. The van der Waals surface area contributed by atoms with Gasteiger partial charge in [-0.3, -0.25) is 10.1 Å². The first-order chi connectivity index (χ1) is 8.08. The lowest BCUT2D eigenvalue weighted by Gasteiger charge is -1.97. The van der Waals surface area contributed by atoms with Crippen LogP contribution >= 0.6 is 11.3 Å². The van der Waals surface area contributed by atoms with Crippen LogP contribution in [0.25, 0.3) is 11.3 Å². The molecule has 17 heavy (non-hydrogen) atoms. The molecule has 2 aromatic rings. The Labute approximate surface area is 102 Å². The summed E-state index contributed by atoms with van der Waals surface area (Å²) >= 11 is 1.37. The number of nitro groups is 1. The van der Waals surface area contributed by atoms with E-state index in [2.05, 4.69) is 4.98 Å². The van der Waals surface area contributed by atoms with E-state index in [1.165, 1.54) is 23.5 Å². The minimum absolute atomic E-state index is 0.0553. The van der Waals surface area contributed by atoms with E-state index in [0.717, 1.165) is 11.3 Å². The maximum absolute atomic E-state index is 10.5. The van der Waals surface area contributed by atoms with Crippen molar-refractivity contribution in [3.63, 3.8) is 0 Å². The molecule has 0 saturated carbocycles. The molecule has 1 heterocycles. The maximum Gasteiger partial charge on any atom is 0.269 e. The van der Waals surface area contributed by atoms with Crippen LogP contribution in [-0.2, 0) is 0 Å². The van der Waals surface area contributed by atoms with Gasteiger partial charge in [0.15, 0.2) is 0 Å². The third kappa shape index (κ3) is 2.48. The molecule has 0 aliphatic carbocycles. The van der Waals surface area contributed by atoms with Crippen LogP contribution in [0.1, 0.15) is 18.0 Å². The van der Waals surface area contributed by atoms with Crippen LogP contribution in [0.2, 0.25) is 0 Å². The van der Waals surface area contributed by atoms with Crippen LogP contribution < -0.4 is 0 Å². The van der Waals surface area contributed by atoms with Crippen molar-refractivity contribution in [2.45, 2.75) is 13.0 Å². The lowest BCUT2D eigenvalue weighted by Crippen LogP contribution is -1.90. The summed E-state index contributed by atoms with van der Waals surface area (Å²) in [4.78, 5) is 14.3. The van der Waals surface area contributed by atoms with Gasteiger partial charge in [0, 0.05) is 23.1 Å². The van der Waals surface area contributed by atoms with E-state index in [0.29, 0.717) is 5.01 Å². The molecule has 0 amide bonds. The molecule has 2 rings (SSSR count). The Balaban J connectivity index is 2.30. The molecule has 0 aliphatic rings. The van der Waals surface area contributed by atoms with Gasteiger partial charge in [-0.25, -0.2) is 4.98 Å². The third-order valence-electron chi connectivity index (χ3n) is 2.25. The fourth-order valence-electron chi connectivity index (χ4n) is 1.37. The number of aliphatic hydroxyl groups is 1. The van der Waals surface area contributed by atoms with E-state index in [-0.39, 0.29) is 5.69 Å². The van der Waals surface area contributed by atoms with Crippen LogP contribution in [0.4, 0.5) is 5.69 Å². The summed E-state index contributed by atoms with van der Waals surface area (Å²) in [7, 11) is 0. The quantitative estimate of drug-likeness (QED) is 0.671. The molecule has 0 spiro atoms. The molecule has 0 radical (unpaired) electrons. The zero-order valence-electron chi connectivity index (χ0n) is 9.03. The largest absolute Gasteiger partial charge is 0.386 e. The average Bonchev–Trinajstić information content (AvgIpc) is 2.78. The molecule has 1 aromatic heterocycles. The number of thiazole rings is 1. The Morgan fingerprint density at radius 1 is 1.41 bits per heavy atom. The summed E-state index contributed by atoms with van der Waals surface area (Å²) in [6.45, 7) is 1.65. The minimum Gasteiger partial charge on any atom is -0.386 e. The number of hydrogen-bond donors (Lipinski definition) is 1. The molecule has 88 valence electrons. The summed E-state index contributed by atoms with van der Waals surface area (Å²) in [5.74, 6) is 0. The van der Waals surface area contributed by atoms with Crippen molar-refractivity contribution in [1.82, 2.24) is 4.98 Å². The van der Waals surface area contributed by atoms with Gasteiger partial charge in [-0.15, -0.1) is 11.3 Å². The highest BCUT2D eigenvalue weighted by Gasteiger charge is 2.10. The molecular weight excluding hydrogens is 240 g/mol. The smallest absolute Gasteiger partial charge is 0.269 e. The van der Waals surface area contributed by atoms with Crippen molar-refractivity contribution in [3.8, 4) is 11.3 Å². The topological polar surface area (TPSA) is 76.3 Å². The zero-order chi connectivity index (χ0) is 12.4. The van der Waals surface area contributed by atoms with Gasteiger partial charge >= 0.3 is 0 Å². The van der Waals surface area contributed by atoms with E-state index in [4.69, 9.17) is 0 Å². The lowest BCUT2D eigenvalue weighted by molar-refractivity contribution is -0.384. The highest BCUT2D eigenvalue weighted by atomic mass is 32.1. The lowest BCUT2D eigenvalue weighted by atomic mass is 10.1. The molecule has 1 N–H and O–H groups in total. The van der Waals surface area contributed by atoms with E-state index >= 15 is 0 Å². The molecule has 1 unspecified atom stereocenters. The highest BCUT2D eigenvalue weighted by Crippen LogP contribution is 2.26. The number of rotatable bonds is 3. The summed E-state index contributed by atoms with van der Waals surface area (Å²) in [6, 6.07) is 6.19. The predicted molar refractivity (Wildman–Crippen MR) is 64.8 cm³/mol. The second-order valence-electron chi connectivity index (χ2n) is 3.55. The molecule has 1 atom stereocenters. The zero-order valence-corrected chi connectivity index (χ0v) is 9.85. The van der Waals surface area contributed by atoms with Crippen molar-refractivity contribution in [3.05, 3.63) is 44.8 Å². The number of non-ortho nitro benzene ring substituents is 1.